The Morgan fingerprint density at radius 1 is 1.08 bits per heavy atom. The van der Waals surface area contributed by atoms with Crippen molar-refractivity contribution < 1.29 is 14.3 Å². The van der Waals surface area contributed by atoms with Crippen molar-refractivity contribution in [2.75, 3.05) is 16.8 Å². The van der Waals surface area contributed by atoms with E-state index < -0.39 is 6.09 Å². The number of nitrogens with zero attached hydrogens (tertiary/aromatic N) is 1. The molecule has 0 atom stereocenters. The summed E-state index contributed by atoms with van der Waals surface area (Å²) in [6, 6.07) is 13.5. The van der Waals surface area contributed by atoms with Crippen molar-refractivity contribution in [1.29, 1.82) is 0 Å². The van der Waals surface area contributed by atoms with Gasteiger partial charge in [-0.2, -0.15) is 0 Å². The molecular formula is C19H20N2O3. The quantitative estimate of drug-likeness (QED) is 0.907. The minimum absolute atomic E-state index is 0.0566. The van der Waals surface area contributed by atoms with Gasteiger partial charge in [-0.05, 0) is 49.1 Å². The minimum Gasteiger partial charge on any atom is -0.450 e. The van der Waals surface area contributed by atoms with E-state index in [0.29, 0.717) is 12.3 Å². The number of para-hydroxylation sites is 1. The topological polar surface area (TPSA) is 58.6 Å². The fourth-order valence-electron chi connectivity index (χ4n) is 3.02. The second-order valence-electron chi connectivity index (χ2n) is 5.67. The highest BCUT2D eigenvalue weighted by Crippen LogP contribution is 2.37. The first kappa shape index (κ1) is 16.1. The van der Waals surface area contributed by atoms with E-state index in [1.54, 1.807) is 18.7 Å². The van der Waals surface area contributed by atoms with E-state index in [0.717, 1.165) is 35.3 Å². The van der Waals surface area contributed by atoms with Crippen molar-refractivity contribution in [3.63, 3.8) is 0 Å². The highest BCUT2D eigenvalue weighted by atomic mass is 16.5. The van der Waals surface area contributed by atoms with Gasteiger partial charge < -0.3 is 4.74 Å². The van der Waals surface area contributed by atoms with Gasteiger partial charge in [0.25, 0.3) is 0 Å². The van der Waals surface area contributed by atoms with Gasteiger partial charge in [-0.15, -0.1) is 0 Å². The Kier molecular flexibility index (Phi) is 4.51. The number of hydrogen-bond acceptors (Lipinski definition) is 3. The molecule has 2 aromatic rings. The lowest BCUT2D eigenvalue weighted by Crippen LogP contribution is -2.24. The minimum atomic E-state index is -0.499. The molecule has 0 bridgehead atoms. The first-order valence-electron chi connectivity index (χ1n) is 8.05. The molecule has 1 aliphatic heterocycles. The SMILES string of the molecule is CCOC(=O)Nc1ccc2c(c1)N(C(C)=O)c1ccccc1CC2. The first-order chi connectivity index (χ1) is 11.6. The van der Waals surface area contributed by atoms with Gasteiger partial charge in [0.1, 0.15) is 0 Å². The highest BCUT2D eigenvalue weighted by molar-refractivity contribution is 6.01. The molecule has 0 spiro atoms. The van der Waals surface area contributed by atoms with Gasteiger partial charge >= 0.3 is 6.09 Å². The molecule has 1 aliphatic rings. The molecule has 1 N–H and O–H groups in total. The van der Waals surface area contributed by atoms with Gasteiger partial charge in [-0.1, -0.05) is 24.3 Å². The number of amides is 2. The van der Waals surface area contributed by atoms with E-state index >= 15 is 0 Å². The summed E-state index contributed by atoms with van der Waals surface area (Å²) in [5, 5.41) is 2.70. The van der Waals surface area contributed by atoms with Crippen LogP contribution in [-0.4, -0.2) is 18.6 Å². The number of benzene rings is 2. The lowest BCUT2D eigenvalue weighted by molar-refractivity contribution is -0.115. The maximum atomic E-state index is 12.3. The fraction of sp³-hybridized carbons (Fsp3) is 0.263. The standard InChI is InChI=1S/C19H20N2O3/c1-3-24-19(23)20-16-11-10-15-9-8-14-6-4-5-7-17(14)21(13(2)22)18(15)12-16/h4-7,10-12H,3,8-9H2,1-2H3,(H,20,23). The molecule has 2 amide bonds. The summed E-state index contributed by atoms with van der Waals surface area (Å²) < 4.78 is 4.91. The zero-order chi connectivity index (χ0) is 17.1. The van der Waals surface area contributed by atoms with Gasteiger partial charge in [-0.3, -0.25) is 15.0 Å². The van der Waals surface area contributed by atoms with Crippen LogP contribution < -0.4 is 10.2 Å². The van der Waals surface area contributed by atoms with Crippen LogP contribution in [0, 0.1) is 0 Å². The zero-order valence-corrected chi connectivity index (χ0v) is 13.8. The highest BCUT2D eigenvalue weighted by Gasteiger charge is 2.23. The normalized spacial score (nSPS) is 12.7. The largest absolute Gasteiger partial charge is 0.450 e. The number of rotatable bonds is 2. The predicted molar refractivity (Wildman–Crippen MR) is 93.8 cm³/mol. The molecule has 0 aliphatic carbocycles. The number of ether oxygens (including phenoxy) is 1. The first-order valence-corrected chi connectivity index (χ1v) is 8.05. The van der Waals surface area contributed by atoms with Gasteiger partial charge in [0.2, 0.25) is 5.91 Å². The van der Waals surface area contributed by atoms with Crippen molar-refractivity contribution in [2.24, 2.45) is 0 Å². The molecular weight excluding hydrogens is 304 g/mol. The number of aryl methyl sites for hydroxylation is 2. The summed E-state index contributed by atoms with van der Waals surface area (Å²) in [7, 11) is 0. The molecule has 124 valence electrons. The van der Waals surface area contributed by atoms with E-state index in [-0.39, 0.29) is 5.91 Å². The molecule has 24 heavy (non-hydrogen) atoms. The van der Waals surface area contributed by atoms with E-state index in [1.807, 2.05) is 36.4 Å². The third-order valence-electron chi connectivity index (χ3n) is 4.06. The van der Waals surface area contributed by atoms with E-state index in [9.17, 15) is 9.59 Å². The van der Waals surface area contributed by atoms with Crippen LogP contribution in [0.3, 0.4) is 0 Å². The lowest BCUT2D eigenvalue weighted by Gasteiger charge is -2.24. The van der Waals surface area contributed by atoms with E-state index in [4.69, 9.17) is 4.74 Å². The van der Waals surface area contributed by atoms with E-state index in [2.05, 4.69) is 11.4 Å². The molecule has 5 heteroatoms. The van der Waals surface area contributed by atoms with Crippen LogP contribution in [0.4, 0.5) is 21.9 Å². The van der Waals surface area contributed by atoms with Crippen molar-refractivity contribution in [1.82, 2.24) is 0 Å². The Balaban J connectivity index is 2.04. The number of anilines is 3. The Morgan fingerprint density at radius 3 is 2.50 bits per heavy atom. The summed E-state index contributed by atoms with van der Waals surface area (Å²) in [6.07, 6.45) is 1.22. The summed E-state index contributed by atoms with van der Waals surface area (Å²) >= 11 is 0. The monoisotopic (exact) mass is 324 g/mol. The molecule has 0 radical (unpaired) electrons. The Hall–Kier alpha value is -2.82. The third-order valence-corrected chi connectivity index (χ3v) is 4.06. The molecule has 1 heterocycles. The van der Waals surface area contributed by atoms with Gasteiger partial charge in [0.15, 0.2) is 0 Å². The average molecular weight is 324 g/mol. The van der Waals surface area contributed by atoms with Crippen LogP contribution in [0.2, 0.25) is 0 Å². The molecule has 0 aromatic heterocycles. The Morgan fingerprint density at radius 2 is 1.79 bits per heavy atom. The molecule has 0 unspecified atom stereocenters. The maximum absolute atomic E-state index is 12.3. The van der Waals surface area contributed by atoms with Crippen LogP contribution in [-0.2, 0) is 22.4 Å². The average Bonchev–Trinajstić information content (AvgIpc) is 2.71. The van der Waals surface area contributed by atoms with Crippen LogP contribution in [0.1, 0.15) is 25.0 Å². The Labute approximate surface area is 141 Å². The zero-order valence-electron chi connectivity index (χ0n) is 13.8. The second-order valence-corrected chi connectivity index (χ2v) is 5.67. The van der Waals surface area contributed by atoms with Crippen molar-refractivity contribution in [3.05, 3.63) is 53.6 Å². The fourth-order valence-corrected chi connectivity index (χ4v) is 3.02. The molecule has 5 nitrogen and oxygen atoms in total. The maximum Gasteiger partial charge on any atom is 0.411 e. The van der Waals surface area contributed by atoms with Gasteiger partial charge in [-0.25, -0.2) is 4.79 Å². The van der Waals surface area contributed by atoms with Crippen LogP contribution in [0.25, 0.3) is 0 Å². The number of hydrogen-bond donors (Lipinski definition) is 1. The van der Waals surface area contributed by atoms with Crippen molar-refractivity contribution >= 4 is 29.1 Å². The number of carbonyl (C=O) groups excluding carboxylic acids is 2. The molecule has 0 saturated heterocycles. The number of nitrogens with one attached hydrogen (secondary N) is 1. The summed E-state index contributed by atoms with van der Waals surface area (Å²) in [5.41, 5.74) is 4.54. The molecule has 0 fully saturated rings. The summed E-state index contributed by atoms with van der Waals surface area (Å²) in [5.74, 6) is -0.0566. The van der Waals surface area contributed by atoms with Crippen LogP contribution in [0.15, 0.2) is 42.5 Å². The molecule has 2 aromatic carbocycles. The number of fused-ring (bicyclic) bond motifs is 2. The van der Waals surface area contributed by atoms with Gasteiger partial charge in [0, 0.05) is 12.6 Å². The van der Waals surface area contributed by atoms with Crippen LogP contribution >= 0.6 is 0 Å². The third kappa shape index (κ3) is 3.11. The van der Waals surface area contributed by atoms with Crippen molar-refractivity contribution in [3.8, 4) is 0 Å². The summed E-state index contributed by atoms with van der Waals surface area (Å²) in [4.78, 5) is 25.7. The van der Waals surface area contributed by atoms with Crippen molar-refractivity contribution in [2.45, 2.75) is 26.7 Å². The second kappa shape index (κ2) is 6.74. The predicted octanol–water partition coefficient (Wildman–Crippen LogP) is 4.04. The van der Waals surface area contributed by atoms with E-state index in [1.165, 1.54) is 0 Å². The van der Waals surface area contributed by atoms with Crippen LogP contribution in [0.5, 0.6) is 0 Å². The number of carbonyl (C=O) groups is 2. The molecule has 0 saturated carbocycles. The Bertz CT molecular complexity index is 786. The van der Waals surface area contributed by atoms with Gasteiger partial charge in [0.05, 0.1) is 18.0 Å². The smallest absolute Gasteiger partial charge is 0.411 e. The summed E-state index contributed by atoms with van der Waals surface area (Å²) in [6.45, 7) is 3.62. The molecule has 3 rings (SSSR count). The lowest BCUT2D eigenvalue weighted by atomic mass is 10.0.